The fourth-order valence-corrected chi connectivity index (χ4v) is 6.92. The Bertz CT molecular complexity index is 849. The first kappa shape index (κ1) is 49.8. The van der Waals surface area contributed by atoms with E-state index >= 15 is 0 Å². The molecule has 0 radical (unpaired) electrons. The highest BCUT2D eigenvalue weighted by atomic mass is 31.2. The minimum absolute atomic E-state index is 0.00174. The standard InChI is InChI=1S/C42H81O8P/c1-4-7-9-11-13-15-17-18-19-20-21-22-23-24-25-26-27-29-30-32-34-36-41(43)47-38-40(39-49-51(45,46)48-6-3)50-42(44)37-35-33-31-28-16-14-12-10-8-5-2/h10,12,40H,4-9,11,13-39H2,1-3H3,(H,45,46)/b12-10-. The third kappa shape index (κ3) is 38.3. The summed E-state index contributed by atoms with van der Waals surface area (Å²) < 4.78 is 32.5. The zero-order chi connectivity index (χ0) is 37.5. The van der Waals surface area contributed by atoms with Crippen molar-refractivity contribution in [2.75, 3.05) is 19.8 Å². The molecule has 51 heavy (non-hydrogen) atoms. The minimum Gasteiger partial charge on any atom is -0.462 e. The Labute approximate surface area is 314 Å². The van der Waals surface area contributed by atoms with Gasteiger partial charge in [0.15, 0.2) is 6.10 Å². The average Bonchev–Trinajstić information content (AvgIpc) is 3.10. The molecule has 0 saturated carbocycles. The van der Waals surface area contributed by atoms with Gasteiger partial charge in [0.2, 0.25) is 0 Å². The number of phosphoric ester groups is 1. The molecule has 8 nitrogen and oxygen atoms in total. The molecular formula is C42H81O8P. The van der Waals surface area contributed by atoms with Gasteiger partial charge < -0.3 is 14.4 Å². The highest BCUT2D eigenvalue weighted by molar-refractivity contribution is 7.47. The number of esters is 2. The first-order valence-electron chi connectivity index (χ1n) is 21.5. The minimum atomic E-state index is -4.27. The van der Waals surface area contributed by atoms with Crippen molar-refractivity contribution in [1.82, 2.24) is 0 Å². The zero-order valence-electron chi connectivity index (χ0n) is 33.5. The molecule has 0 aliphatic heterocycles. The van der Waals surface area contributed by atoms with E-state index in [9.17, 15) is 19.0 Å². The number of unbranched alkanes of at least 4 members (excludes halogenated alkanes) is 26. The fourth-order valence-electron chi connectivity index (χ4n) is 6.16. The SMILES string of the molecule is CCC/C=C\CCCCCCCC(=O)OC(COC(=O)CCCCCCCCCCCCCCCCCCCCCCC)COP(=O)(O)OCC. The maximum atomic E-state index is 12.5. The molecule has 0 rings (SSSR count). The Hall–Kier alpha value is -1.21. The third-order valence-corrected chi connectivity index (χ3v) is 10.4. The van der Waals surface area contributed by atoms with E-state index in [-0.39, 0.29) is 25.6 Å². The van der Waals surface area contributed by atoms with Gasteiger partial charge in [-0.1, -0.05) is 180 Å². The number of carbonyl (C=O) groups is 2. The van der Waals surface area contributed by atoms with Crippen LogP contribution >= 0.6 is 7.82 Å². The average molecular weight is 745 g/mol. The van der Waals surface area contributed by atoms with E-state index in [0.29, 0.717) is 12.8 Å². The lowest BCUT2D eigenvalue weighted by atomic mass is 10.0. The summed E-state index contributed by atoms with van der Waals surface area (Å²) in [4.78, 5) is 34.6. The van der Waals surface area contributed by atoms with Crippen LogP contribution in [0.15, 0.2) is 12.2 Å². The molecule has 0 bridgehead atoms. The molecule has 0 aliphatic carbocycles. The Morgan fingerprint density at radius 2 is 0.922 bits per heavy atom. The first-order chi connectivity index (χ1) is 24.8. The van der Waals surface area contributed by atoms with E-state index in [2.05, 4.69) is 26.0 Å². The maximum Gasteiger partial charge on any atom is 0.472 e. The fraction of sp³-hybridized carbons (Fsp3) is 0.905. The summed E-state index contributed by atoms with van der Waals surface area (Å²) >= 11 is 0. The lowest BCUT2D eigenvalue weighted by molar-refractivity contribution is -0.161. The normalized spacial score (nSPS) is 13.4. The van der Waals surface area contributed by atoms with Crippen LogP contribution in [0.3, 0.4) is 0 Å². The van der Waals surface area contributed by atoms with Crippen LogP contribution in [0.4, 0.5) is 0 Å². The number of rotatable bonds is 40. The molecule has 1 N–H and O–H groups in total. The van der Waals surface area contributed by atoms with Gasteiger partial charge in [-0.15, -0.1) is 0 Å². The summed E-state index contributed by atoms with van der Waals surface area (Å²) in [6.07, 6.45) is 40.0. The monoisotopic (exact) mass is 745 g/mol. The lowest BCUT2D eigenvalue weighted by Crippen LogP contribution is -2.29. The quantitative estimate of drug-likeness (QED) is 0.0286. The van der Waals surface area contributed by atoms with E-state index in [0.717, 1.165) is 57.8 Å². The number of hydrogen-bond donors (Lipinski definition) is 1. The second-order valence-corrected chi connectivity index (χ2v) is 15.8. The van der Waals surface area contributed by atoms with E-state index in [1.807, 2.05) is 0 Å². The van der Waals surface area contributed by atoms with Gasteiger partial charge in [-0.05, 0) is 39.0 Å². The topological polar surface area (TPSA) is 108 Å². The molecule has 0 heterocycles. The number of hydrogen-bond acceptors (Lipinski definition) is 7. The van der Waals surface area contributed by atoms with Crippen molar-refractivity contribution < 1.29 is 37.6 Å². The largest absolute Gasteiger partial charge is 0.472 e. The lowest BCUT2D eigenvalue weighted by Gasteiger charge is -2.19. The van der Waals surface area contributed by atoms with E-state index in [4.69, 9.17) is 18.5 Å². The number of allylic oxidation sites excluding steroid dienone is 2. The van der Waals surface area contributed by atoms with Gasteiger partial charge in [0.25, 0.3) is 0 Å². The molecule has 302 valence electrons. The molecule has 0 saturated heterocycles. The van der Waals surface area contributed by atoms with Crippen molar-refractivity contribution in [3.8, 4) is 0 Å². The molecule has 9 heteroatoms. The molecule has 2 atom stereocenters. The van der Waals surface area contributed by atoms with Gasteiger partial charge in [-0.3, -0.25) is 18.6 Å². The van der Waals surface area contributed by atoms with Crippen LogP contribution in [0.2, 0.25) is 0 Å². The highest BCUT2D eigenvalue weighted by Gasteiger charge is 2.25. The molecule has 0 spiro atoms. The van der Waals surface area contributed by atoms with Crippen LogP contribution in [-0.4, -0.2) is 42.8 Å². The number of phosphoric acid groups is 1. The van der Waals surface area contributed by atoms with Crippen LogP contribution in [0.25, 0.3) is 0 Å². The van der Waals surface area contributed by atoms with E-state index in [1.165, 1.54) is 122 Å². The summed E-state index contributed by atoms with van der Waals surface area (Å²) in [6, 6.07) is 0. The van der Waals surface area contributed by atoms with Gasteiger partial charge >= 0.3 is 19.8 Å². The highest BCUT2D eigenvalue weighted by Crippen LogP contribution is 2.43. The van der Waals surface area contributed by atoms with Crippen LogP contribution < -0.4 is 0 Å². The molecule has 0 aromatic carbocycles. The molecule has 2 unspecified atom stereocenters. The third-order valence-electron chi connectivity index (χ3n) is 9.30. The second kappa shape index (κ2) is 38.5. The van der Waals surface area contributed by atoms with Crippen molar-refractivity contribution in [3.63, 3.8) is 0 Å². The van der Waals surface area contributed by atoms with Crippen molar-refractivity contribution >= 4 is 19.8 Å². The van der Waals surface area contributed by atoms with Crippen molar-refractivity contribution in [3.05, 3.63) is 12.2 Å². The predicted molar refractivity (Wildman–Crippen MR) is 212 cm³/mol. The molecule has 0 aromatic rings. The zero-order valence-corrected chi connectivity index (χ0v) is 34.4. The molecule has 0 aromatic heterocycles. The number of carbonyl (C=O) groups excluding carboxylic acids is 2. The molecule has 0 aliphatic rings. The Kier molecular flexibility index (Phi) is 37.6. The van der Waals surface area contributed by atoms with Crippen molar-refractivity contribution in [1.29, 1.82) is 0 Å². The summed E-state index contributed by atoms with van der Waals surface area (Å²) in [5, 5.41) is 0. The Morgan fingerprint density at radius 3 is 1.37 bits per heavy atom. The summed E-state index contributed by atoms with van der Waals surface area (Å²) in [6.45, 7) is 5.42. The Balaban J connectivity index is 3.94. The molecule has 0 fully saturated rings. The van der Waals surface area contributed by atoms with Crippen LogP contribution in [0.1, 0.15) is 220 Å². The van der Waals surface area contributed by atoms with Crippen LogP contribution in [0, 0.1) is 0 Å². The second-order valence-electron chi connectivity index (χ2n) is 14.4. The van der Waals surface area contributed by atoms with Gasteiger partial charge in [0.05, 0.1) is 13.2 Å². The van der Waals surface area contributed by atoms with Gasteiger partial charge in [0.1, 0.15) is 6.61 Å². The Morgan fingerprint density at radius 1 is 0.510 bits per heavy atom. The van der Waals surface area contributed by atoms with Crippen molar-refractivity contribution in [2.24, 2.45) is 0 Å². The van der Waals surface area contributed by atoms with Crippen LogP contribution in [-0.2, 0) is 32.7 Å². The van der Waals surface area contributed by atoms with E-state index < -0.39 is 26.5 Å². The van der Waals surface area contributed by atoms with Gasteiger partial charge in [-0.2, -0.15) is 0 Å². The van der Waals surface area contributed by atoms with Gasteiger partial charge in [-0.25, -0.2) is 4.57 Å². The predicted octanol–water partition coefficient (Wildman–Crippen LogP) is 13.3. The number of ether oxygens (including phenoxy) is 2. The summed E-state index contributed by atoms with van der Waals surface area (Å²) in [5.41, 5.74) is 0. The van der Waals surface area contributed by atoms with Gasteiger partial charge in [0, 0.05) is 12.8 Å². The summed E-state index contributed by atoms with van der Waals surface area (Å²) in [7, 11) is -4.27. The first-order valence-corrected chi connectivity index (χ1v) is 23.0. The molecular weight excluding hydrogens is 663 g/mol. The smallest absolute Gasteiger partial charge is 0.462 e. The van der Waals surface area contributed by atoms with Crippen molar-refractivity contribution in [2.45, 2.75) is 226 Å². The summed E-state index contributed by atoms with van der Waals surface area (Å²) in [5.74, 6) is -0.800. The molecule has 0 amide bonds. The van der Waals surface area contributed by atoms with Crippen LogP contribution in [0.5, 0.6) is 0 Å². The van der Waals surface area contributed by atoms with E-state index in [1.54, 1.807) is 6.92 Å². The maximum absolute atomic E-state index is 12.5.